The summed E-state index contributed by atoms with van der Waals surface area (Å²) in [5.41, 5.74) is 3.37. The number of amides is 2. The van der Waals surface area contributed by atoms with Crippen LogP contribution in [0.1, 0.15) is 62.6 Å². The molecular weight excluding hydrogens is 550 g/mol. The van der Waals surface area contributed by atoms with E-state index in [1.807, 2.05) is 40.8 Å². The summed E-state index contributed by atoms with van der Waals surface area (Å²) in [4.78, 5) is 34.1. The van der Waals surface area contributed by atoms with Crippen molar-refractivity contribution < 1.29 is 18.4 Å². The number of para-hydroxylation sites is 1. The van der Waals surface area contributed by atoms with E-state index < -0.39 is 17.7 Å². The van der Waals surface area contributed by atoms with Gasteiger partial charge >= 0.3 is 0 Å². The van der Waals surface area contributed by atoms with Gasteiger partial charge in [0, 0.05) is 45.2 Å². The minimum atomic E-state index is -0.550. The summed E-state index contributed by atoms with van der Waals surface area (Å²) in [5.74, 6) is -0.663. The van der Waals surface area contributed by atoms with Crippen molar-refractivity contribution >= 4 is 17.6 Å². The van der Waals surface area contributed by atoms with Crippen LogP contribution in [-0.2, 0) is 29.0 Å². The number of fused-ring (bicyclic) bond motifs is 1. The minimum Gasteiger partial charge on any atom is -0.342 e. The standard InChI is InChI=1S/C33H42F2N6O2/c1-3-8-30(37-27-12-11-24-17-26(34)18-29(35)28(24)19-27)33(43)38-32-21-41(22-36-32)31-10-5-4-9-25(31)20-39-13-6-7-14-40(16-15-39)23(2)42/h4-5,9-10,17-18,21-22,27,30,37H,3,6-8,11-16,19-20H2,1-2H3,(H,38,43)/t27?,30-/m0/s1. The van der Waals surface area contributed by atoms with Gasteiger partial charge in [-0.25, -0.2) is 13.8 Å². The summed E-state index contributed by atoms with van der Waals surface area (Å²) in [7, 11) is 0. The number of benzene rings is 2. The fraction of sp³-hybridized carbons (Fsp3) is 0.485. The van der Waals surface area contributed by atoms with Crippen molar-refractivity contribution in [2.75, 3.05) is 31.5 Å². The number of aryl methyl sites for hydroxylation is 1. The maximum atomic E-state index is 14.4. The summed E-state index contributed by atoms with van der Waals surface area (Å²) in [6.07, 6.45) is 8.70. The first kappa shape index (κ1) is 30.8. The van der Waals surface area contributed by atoms with E-state index >= 15 is 0 Å². The number of rotatable bonds is 9. The number of anilines is 1. The highest BCUT2D eigenvalue weighted by Gasteiger charge is 2.27. The third-order valence-electron chi connectivity index (χ3n) is 8.58. The van der Waals surface area contributed by atoms with Gasteiger partial charge in [-0.3, -0.25) is 14.5 Å². The monoisotopic (exact) mass is 592 g/mol. The average molecular weight is 593 g/mol. The molecule has 2 atom stereocenters. The molecule has 2 N–H and O–H groups in total. The number of hydrogen-bond acceptors (Lipinski definition) is 5. The van der Waals surface area contributed by atoms with E-state index in [4.69, 9.17) is 0 Å². The second kappa shape index (κ2) is 14.2. The van der Waals surface area contributed by atoms with Gasteiger partial charge in [-0.2, -0.15) is 0 Å². The van der Waals surface area contributed by atoms with Crippen LogP contribution < -0.4 is 10.6 Å². The van der Waals surface area contributed by atoms with Crippen LogP contribution in [-0.4, -0.2) is 69.4 Å². The molecule has 2 aliphatic rings. The third-order valence-corrected chi connectivity index (χ3v) is 8.58. The largest absolute Gasteiger partial charge is 0.342 e. The molecule has 0 radical (unpaired) electrons. The third kappa shape index (κ3) is 7.86. The van der Waals surface area contributed by atoms with E-state index in [0.717, 1.165) is 69.3 Å². The van der Waals surface area contributed by atoms with Crippen molar-refractivity contribution in [1.82, 2.24) is 24.7 Å². The Kier molecular flexibility index (Phi) is 10.2. The van der Waals surface area contributed by atoms with Crippen LogP contribution in [0.5, 0.6) is 0 Å². The second-order valence-corrected chi connectivity index (χ2v) is 11.7. The Morgan fingerprint density at radius 1 is 1.09 bits per heavy atom. The molecule has 10 heteroatoms. The number of hydrogen-bond donors (Lipinski definition) is 2. The summed E-state index contributed by atoms with van der Waals surface area (Å²) in [5, 5.41) is 6.41. The molecule has 2 heterocycles. The molecule has 0 saturated carbocycles. The number of aromatic nitrogens is 2. The second-order valence-electron chi connectivity index (χ2n) is 11.7. The Labute approximate surface area is 252 Å². The fourth-order valence-corrected chi connectivity index (χ4v) is 6.26. The molecule has 43 heavy (non-hydrogen) atoms. The molecule has 0 spiro atoms. The molecule has 1 saturated heterocycles. The molecule has 1 aromatic heterocycles. The van der Waals surface area contributed by atoms with Gasteiger partial charge in [0.15, 0.2) is 5.82 Å². The van der Waals surface area contributed by atoms with Gasteiger partial charge in [-0.15, -0.1) is 0 Å². The number of imidazole rings is 1. The van der Waals surface area contributed by atoms with Gasteiger partial charge in [0.05, 0.1) is 17.9 Å². The highest BCUT2D eigenvalue weighted by atomic mass is 19.1. The molecule has 5 rings (SSSR count). The van der Waals surface area contributed by atoms with E-state index in [1.165, 1.54) is 6.07 Å². The topological polar surface area (TPSA) is 82.5 Å². The zero-order chi connectivity index (χ0) is 30.3. The molecule has 1 aliphatic carbocycles. The van der Waals surface area contributed by atoms with Crippen LogP contribution in [0.3, 0.4) is 0 Å². The first-order valence-electron chi connectivity index (χ1n) is 15.4. The van der Waals surface area contributed by atoms with Crippen LogP contribution in [0.2, 0.25) is 0 Å². The van der Waals surface area contributed by atoms with E-state index in [9.17, 15) is 18.4 Å². The van der Waals surface area contributed by atoms with Crippen molar-refractivity contribution in [1.29, 1.82) is 0 Å². The number of carbonyl (C=O) groups excluding carboxylic acids is 2. The van der Waals surface area contributed by atoms with Crippen molar-refractivity contribution in [3.63, 3.8) is 0 Å². The van der Waals surface area contributed by atoms with E-state index in [2.05, 4.69) is 26.6 Å². The molecule has 2 amide bonds. The van der Waals surface area contributed by atoms with Crippen LogP contribution in [0.4, 0.5) is 14.6 Å². The molecule has 1 unspecified atom stereocenters. The van der Waals surface area contributed by atoms with E-state index in [-0.39, 0.29) is 17.9 Å². The van der Waals surface area contributed by atoms with Crippen LogP contribution in [0.15, 0.2) is 48.9 Å². The molecule has 1 fully saturated rings. The first-order chi connectivity index (χ1) is 20.8. The zero-order valence-corrected chi connectivity index (χ0v) is 25.1. The molecule has 8 nitrogen and oxygen atoms in total. The average Bonchev–Trinajstić information content (AvgIpc) is 3.43. The van der Waals surface area contributed by atoms with Gasteiger partial charge in [0.1, 0.15) is 18.0 Å². The van der Waals surface area contributed by atoms with Crippen LogP contribution >= 0.6 is 0 Å². The van der Waals surface area contributed by atoms with Crippen LogP contribution in [0, 0.1) is 11.6 Å². The number of nitrogens with zero attached hydrogens (tertiary/aromatic N) is 4. The smallest absolute Gasteiger partial charge is 0.242 e. The fourth-order valence-electron chi connectivity index (χ4n) is 6.26. The lowest BCUT2D eigenvalue weighted by atomic mass is 9.87. The Hall–Kier alpha value is -3.63. The molecular formula is C33H42F2N6O2. The highest BCUT2D eigenvalue weighted by molar-refractivity contribution is 5.94. The van der Waals surface area contributed by atoms with Crippen LogP contribution in [0.25, 0.3) is 5.69 Å². The Morgan fingerprint density at radius 3 is 2.72 bits per heavy atom. The first-order valence-corrected chi connectivity index (χ1v) is 15.4. The number of carbonyl (C=O) groups is 2. The quantitative estimate of drug-likeness (QED) is 0.371. The maximum absolute atomic E-state index is 14.4. The highest BCUT2D eigenvalue weighted by Crippen LogP contribution is 2.26. The lowest BCUT2D eigenvalue weighted by Crippen LogP contribution is -2.48. The Bertz CT molecular complexity index is 1430. The lowest BCUT2D eigenvalue weighted by molar-refractivity contribution is -0.129. The van der Waals surface area contributed by atoms with Crippen molar-refractivity contribution in [3.8, 4) is 5.69 Å². The summed E-state index contributed by atoms with van der Waals surface area (Å²) >= 11 is 0. The molecule has 0 bridgehead atoms. The SMILES string of the molecule is CCC[C@H](NC1CCc2cc(F)cc(F)c2C1)C(=O)Nc1cn(-c2ccccc2CN2CCCCN(C(C)=O)CC2)cn1. The molecule has 3 aromatic rings. The number of halogens is 2. The molecule has 230 valence electrons. The summed E-state index contributed by atoms with van der Waals surface area (Å²) < 4.78 is 30.0. The predicted molar refractivity (Wildman–Crippen MR) is 163 cm³/mol. The normalized spacial score (nSPS) is 18.4. The van der Waals surface area contributed by atoms with Gasteiger partial charge in [-0.1, -0.05) is 31.5 Å². The lowest BCUT2D eigenvalue weighted by Gasteiger charge is -2.30. The predicted octanol–water partition coefficient (Wildman–Crippen LogP) is 4.85. The van der Waals surface area contributed by atoms with Crippen molar-refractivity contribution in [2.24, 2.45) is 0 Å². The maximum Gasteiger partial charge on any atom is 0.242 e. The van der Waals surface area contributed by atoms with Gasteiger partial charge in [0.25, 0.3) is 0 Å². The molecule has 1 aliphatic heterocycles. The Morgan fingerprint density at radius 2 is 1.91 bits per heavy atom. The van der Waals surface area contributed by atoms with E-state index in [0.29, 0.717) is 42.6 Å². The van der Waals surface area contributed by atoms with Gasteiger partial charge in [-0.05, 0) is 73.9 Å². The van der Waals surface area contributed by atoms with Gasteiger partial charge in [0.2, 0.25) is 11.8 Å². The zero-order valence-electron chi connectivity index (χ0n) is 25.1. The minimum absolute atomic E-state index is 0.0787. The van der Waals surface area contributed by atoms with E-state index in [1.54, 1.807) is 13.3 Å². The summed E-state index contributed by atoms with van der Waals surface area (Å²) in [6.45, 7) is 7.77. The van der Waals surface area contributed by atoms with Crippen molar-refractivity contribution in [2.45, 2.75) is 77.4 Å². The summed E-state index contributed by atoms with van der Waals surface area (Å²) in [6, 6.07) is 9.97. The Balaban J connectivity index is 1.23. The van der Waals surface area contributed by atoms with Gasteiger partial charge < -0.3 is 20.1 Å². The number of nitrogens with one attached hydrogen (secondary N) is 2. The molecule has 2 aromatic carbocycles. The van der Waals surface area contributed by atoms with Crippen molar-refractivity contribution in [3.05, 3.63) is 77.2 Å².